The highest BCUT2D eigenvalue weighted by Crippen LogP contribution is 2.19. The molecule has 1 N–H and O–H groups in total. The third kappa shape index (κ3) is 3.65. The number of furan rings is 1. The number of rotatable bonds is 6. The van der Waals surface area contributed by atoms with Crippen LogP contribution in [0.1, 0.15) is 30.3 Å². The molecule has 2 aromatic heterocycles. The van der Waals surface area contributed by atoms with Gasteiger partial charge in [0.2, 0.25) is 0 Å². The Labute approximate surface area is 118 Å². The molecule has 4 nitrogen and oxygen atoms in total. The molecule has 0 aliphatic carbocycles. The summed E-state index contributed by atoms with van der Waals surface area (Å²) in [6.45, 7) is 2.70. The fraction of sp³-hybridized carbons (Fsp3) is 0.400. The number of aromatic nitrogens is 1. The van der Waals surface area contributed by atoms with Gasteiger partial charge in [0.05, 0.1) is 18.5 Å². The number of pyridine rings is 1. The second-order valence-corrected chi connectivity index (χ2v) is 5.06. The SMILES string of the molecule is CC(NCC(c1ccco1)N(C)C)c1cncc(F)c1. The quantitative estimate of drug-likeness (QED) is 0.881. The van der Waals surface area contributed by atoms with E-state index in [0.717, 1.165) is 11.3 Å². The number of hydrogen-bond acceptors (Lipinski definition) is 4. The number of likely N-dealkylation sites (N-methyl/N-ethyl adjacent to an activating group) is 1. The van der Waals surface area contributed by atoms with Crippen molar-refractivity contribution in [3.63, 3.8) is 0 Å². The molecular weight excluding hydrogens is 257 g/mol. The van der Waals surface area contributed by atoms with Crippen LogP contribution in [-0.4, -0.2) is 30.5 Å². The zero-order valence-corrected chi connectivity index (χ0v) is 12.0. The first kappa shape index (κ1) is 14.7. The van der Waals surface area contributed by atoms with E-state index >= 15 is 0 Å². The number of nitrogens with zero attached hydrogens (tertiary/aromatic N) is 2. The van der Waals surface area contributed by atoms with Gasteiger partial charge < -0.3 is 9.73 Å². The van der Waals surface area contributed by atoms with Gasteiger partial charge in [0.25, 0.3) is 0 Å². The number of hydrogen-bond donors (Lipinski definition) is 1. The molecule has 0 saturated carbocycles. The van der Waals surface area contributed by atoms with Gasteiger partial charge in [0.1, 0.15) is 11.6 Å². The van der Waals surface area contributed by atoms with Gasteiger partial charge in [0, 0.05) is 18.8 Å². The lowest BCUT2D eigenvalue weighted by atomic mass is 10.1. The zero-order chi connectivity index (χ0) is 14.5. The van der Waals surface area contributed by atoms with E-state index in [2.05, 4.69) is 15.2 Å². The summed E-state index contributed by atoms with van der Waals surface area (Å²) in [5.41, 5.74) is 0.835. The Morgan fingerprint density at radius 3 is 2.80 bits per heavy atom. The second kappa shape index (κ2) is 6.63. The van der Waals surface area contributed by atoms with Gasteiger partial charge in [0.15, 0.2) is 0 Å². The Kier molecular flexibility index (Phi) is 4.87. The maximum Gasteiger partial charge on any atom is 0.141 e. The monoisotopic (exact) mass is 277 g/mol. The number of nitrogens with one attached hydrogen (secondary N) is 1. The second-order valence-electron chi connectivity index (χ2n) is 5.06. The van der Waals surface area contributed by atoms with Crippen molar-refractivity contribution in [2.75, 3.05) is 20.6 Å². The van der Waals surface area contributed by atoms with Crippen LogP contribution >= 0.6 is 0 Å². The molecule has 2 unspecified atom stereocenters. The van der Waals surface area contributed by atoms with E-state index < -0.39 is 0 Å². The molecule has 5 heteroatoms. The van der Waals surface area contributed by atoms with Crippen molar-refractivity contribution in [3.8, 4) is 0 Å². The summed E-state index contributed by atoms with van der Waals surface area (Å²) >= 11 is 0. The maximum absolute atomic E-state index is 13.2. The maximum atomic E-state index is 13.2. The summed E-state index contributed by atoms with van der Waals surface area (Å²) in [6, 6.07) is 5.50. The van der Waals surface area contributed by atoms with Gasteiger partial charge >= 0.3 is 0 Å². The Bertz CT molecular complexity index is 528. The van der Waals surface area contributed by atoms with Gasteiger partial charge in [-0.15, -0.1) is 0 Å². The lowest BCUT2D eigenvalue weighted by Crippen LogP contribution is -2.32. The average Bonchev–Trinajstić information content (AvgIpc) is 2.92. The predicted molar refractivity (Wildman–Crippen MR) is 75.7 cm³/mol. The highest BCUT2D eigenvalue weighted by Gasteiger charge is 2.18. The van der Waals surface area contributed by atoms with Crippen LogP contribution in [-0.2, 0) is 0 Å². The van der Waals surface area contributed by atoms with Gasteiger partial charge in [-0.3, -0.25) is 9.88 Å². The minimum Gasteiger partial charge on any atom is -0.468 e. The normalized spacial score (nSPS) is 14.4. The fourth-order valence-electron chi connectivity index (χ4n) is 2.09. The van der Waals surface area contributed by atoms with Crippen molar-refractivity contribution in [2.45, 2.75) is 19.0 Å². The number of halogens is 1. The van der Waals surface area contributed by atoms with Crippen LogP contribution in [0.25, 0.3) is 0 Å². The van der Waals surface area contributed by atoms with Gasteiger partial charge in [-0.2, -0.15) is 0 Å². The van der Waals surface area contributed by atoms with Crippen LogP contribution in [0.4, 0.5) is 4.39 Å². The molecule has 108 valence electrons. The molecule has 0 bridgehead atoms. The van der Waals surface area contributed by atoms with Crippen molar-refractivity contribution in [1.82, 2.24) is 15.2 Å². The van der Waals surface area contributed by atoms with E-state index in [1.807, 2.05) is 33.2 Å². The van der Waals surface area contributed by atoms with Gasteiger partial charge in [-0.25, -0.2) is 4.39 Å². The molecule has 0 spiro atoms. The molecule has 0 fully saturated rings. The van der Waals surface area contributed by atoms with Gasteiger partial charge in [-0.1, -0.05) is 0 Å². The lowest BCUT2D eigenvalue weighted by Gasteiger charge is -2.24. The molecule has 0 aromatic carbocycles. The highest BCUT2D eigenvalue weighted by molar-refractivity contribution is 5.14. The molecule has 0 saturated heterocycles. The Balaban J connectivity index is 1.99. The summed E-state index contributed by atoms with van der Waals surface area (Å²) in [5, 5.41) is 3.39. The van der Waals surface area contributed by atoms with Crippen LogP contribution in [0.2, 0.25) is 0 Å². The van der Waals surface area contributed by atoms with E-state index in [4.69, 9.17) is 4.42 Å². The van der Waals surface area contributed by atoms with E-state index in [9.17, 15) is 4.39 Å². The smallest absolute Gasteiger partial charge is 0.141 e. The summed E-state index contributed by atoms with van der Waals surface area (Å²) in [6.07, 6.45) is 4.56. The first-order valence-corrected chi connectivity index (χ1v) is 6.61. The van der Waals surface area contributed by atoms with E-state index in [1.165, 1.54) is 12.3 Å². The Morgan fingerprint density at radius 1 is 1.40 bits per heavy atom. The Morgan fingerprint density at radius 2 is 2.20 bits per heavy atom. The van der Waals surface area contributed by atoms with Crippen molar-refractivity contribution in [1.29, 1.82) is 0 Å². The minimum atomic E-state index is -0.314. The Hall–Kier alpha value is -1.72. The van der Waals surface area contributed by atoms with Crippen molar-refractivity contribution in [3.05, 3.63) is 54.0 Å². The minimum absolute atomic E-state index is 0.0237. The van der Waals surface area contributed by atoms with E-state index in [0.29, 0.717) is 6.54 Å². The summed E-state index contributed by atoms with van der Waals surface area (Å²) in [4.78, 5) is 5.96. The molecule has 0 aliphatic rings. The van der Waals surface area contributed by atoms with E-state index in [-0.39, 0.29) is 17.9 Å². The largest absolute Gasteiger partial charge is 0.468 e. The average molecular weight is 277 g/mol. The van der Waals surface area contributed by atoms with Crippen LogP contribution in [0.5, 0.6) is 0 Å². The molecule has 0 aliphatic heterocycles. The summed E-state index contributed by atoms with van der Waals surface area (Å²) < 4.78 is 18.6. The zero-order valence-electron chi connectivity index (χ0n) is 12.0. The fourth-order valence-corrected chi connectivity index (χ4v) is 2.09. The van der Waals surface area contributed by atoms with Crippen LogP contribution < -0.4 is 5.32 Å². The van der Waals surface area contributed by atoms with Gasteiger partial charge in [-0.05, 0) is 44.8 Å². The molecule has 20 heavy (non-hydrogen) atoms. The standard InChI is InChI=1S/C15H20FN3O/c1-11(12-7-13(16)9-17-8-12)18-10-14(19(2)3)15-5-4-6-20-15/h4-9,11,14,18H,10H2,1-3H3. The molecule has 0 amide bonds. The van der Waals surface area contributed by atoms with Crippen LogP contribution in [0.3, 0.4) is 0 Å². The molecule has 2 atom stereocenters. The predicted octanol–water partition coefficient (Wildman–Crippen LogP) is 2.77. The summed E-state index contributed by atoms with van der Waals surface area (Å²) in [5.74, 6) is 0.596. The van der Waals surface area contributed by atoms with Crippen molar-refractivity contribution >= 4 is 0 Å². The molecule has 2 heterocycles. The van der Waals surface area contributed by atoms with Crippen molar-refractivity contribution < 1.29 is 8.81 Å². The molecule has 0 radical (unpaired) electrons. The topological polar surface area (TPSA) is 41.3 Å². The molecular formula is C15H20FN3O. The van der Waals surface area contributed by atoms with Crippen LogP contribution in [0.15, 0.2) is 41.3 Å². The first-order valence-electron chi connectivity index (χ1n) is 6.61. The first-order chi connectivity index (χ1) is 9.58. The van der Waals surface area contributed by atoms with E-state index in [1.54, 1.807) is 12.5 Å². The molecule has 2 aromatic rings. The lowest BCUT2D eigenvalue weighted by molar-refractivity contribution is 0.245. The summed E-state index contributed by atoms with van der Waals surface area (Å²) in [7, 11) is 4.01. The van der Waals surface area contributed by atoms with Crippen molar-refractivity contribution in [2.24, 2.45) is 0 Å². The third-order valence-corrected chi connectivity index (χ3v) is 3.34. The molecule has 2 rings (SSSR count). The van der Waals surface area contributed by atoms with Crippen LogP contribution in [0, 0.1) is 5.82 Å². The third-order valence-electron chi connectivity index (χ3n) is 3.34. The highest BCUT2D eigenvalue weighted by atomic mass is 19.1.